The Morgan fingerprint density at radius 2 is 1.87 bits per heavy atom. The highest BCUT2D eigenvalue weighted by atomic mass is 127. The molecular weight excluding hydrogens is 619 g/mol. The summed E-state index contributed by atoms with van der Waals surface area (Å²) >= 11 is 8.38. The highest BCUT2D eigenvalue weighted by Crippen LogP contribution is 2.49. The Hall–Kier alpha value is -3.29. The van der Waals surface area contributed by atoms with Crippen LogP contribution in [0, 0.1) is 9.49 Å². The molecule has 0 bridgehead atoms. The van der Waals surface area contributed by atoms with Gasteiger partial charge < -0.3 is 14.8 Å². The molecule has 0 amide bonds. The molecule has 1 aliphatic heterocycles. The lowest BCUT2D eigenvalue weighted by Crippen LogP contribution is -2.28. The molecule has 0 saturated carbocycles. The van der Waals surface area contributed by atoms with Crippen LogP contribution in [0.25, 0.3) is 0 Å². The fraction of sp³-hybridized carbons (Fsp3) is 0.182. The molecule has 6 rings (SSSR count). The van der Waals surface area contributed by atoms with Gasteiger partial charge in [-0.15, -0.1) is 0 Å². The average molecular weight is 647 g/mol. The lowest BCUT2D eigenvalue weighted by molar-refractivity contribution is 0.282. The number of methoxy groups -OCH3 is 1. The van der Waals surface area contributed by atoms with E-state index in [1.807, 2.05) is 42.6 Å². The third-order valence-corrected chi connectivity index (χ3v) is 8.45. The number of benzene rings is 4. The number of anilines is 1. The Morgan fingerprint density at radius 3 is 2.69 bits per heavy atom. The zero-order chi connectivity index (χ0) is 26.8. The predicted octanol–water partition coefficient (Wildman–Crippen LogP) is 9.11. The number of ether oxygens (including phenoxy) is 2. The van der Waals surface area contributed by atoms with Crippen LogP contribution in [-0.2, 0) is 6.61 Å². The summed E-state index contributed by atoms with van der Waals surface area (Å²) in [5, 5.41) is 4.49. The minimum atomic E-state index is 0.281. The van der Waals surface area contributed by atoms with Crippen molar-refractivity contribution in [2.45, 2.75) is 25.0 Å². The number of nitrogens with zero attached hydrogens (tertiary/aromatic N) is 1. The highest BCUT2D eigenvalue weighted by molar-refractivity contribution is 14.1. The molecule has 196 valence electrons. The van der Waals surface area contributed by atoms with Gasteiger partial charge in [0, 0.05) is 22.8 Å². The molecule has 0 saturated heterocycles. The smallest absolute Gasteiger partial charge is 0.174 e. The maximum Gasteiger partial charge on any atom is 0.174 e. The number of halogens is 2. The SMILES string of the molecule is COc1cc(C=Nc2ccc([C@@H]3Nc4ccccc4[C@@H]4C=CC[C@@H]43)cc2)cc(I)c1OCc1cccc(Cl)c1. The predicted molar refractivity (Wildman–Crippen MR) is 168 cm³/mol. The second-order valence-corrected chi connectivity index (χ2v) is 11.5. The average Bonchev–Trinajstić information content (AvgIpc) is 3.46. The molecule has 0 fully saturated rings. The first-order chi connectivity index (χ1) is 19.1. The molecule has 4 aromatic rings. The van der Waals surface area contributed by atoms with E-state index in [4.69, 9.17) is 26.1 Å². The molecule has 1 heterocycles. The van der Waals surface area contributed by atoms with E-state index in [1.165, 1.54) is 16.8 Å². The lowest BCUT2D eigenvalue weighted by Gasteiger charge is -2.37. The number of allylic oxidation sites excluding steroid dienone is 2. The molecule has 39 heavy (non-hydrogen) atoms. The molecule has 1 aliphatic carbocycles. The minimum Gasteiger partial charge on any atom is -0.493 e. The maximum atomic E-state index is 6.11. The van der Waals surface area contributed by atoms with E-state index >= 15 is 0 Å². The number of nitrogens with one attached hydrogen (secondary N) is 1. The van der Waals surface area contributed by atoms with Crippen LogP contribution in [0.15, 0.2) is 102 Å². The van der Waals surface area contributed by atoms with Crippen molar-refractivity contribution >= 4 is 51.8 Å². The number of para-hydroxylation sites is 1. The summed E-state index contributed by atoms with van der Waals surface area (Å²) in [6, 6.07) is 29.2. The second-order valence-electron chi connectivity index (χ2n) is 9.87. The van der Waals surface area contributed by atoms with Crippen LogP contribution in [0.1, 0.15) is 40.6 Å². The van der Waals surface area contributed by atoms with Gasteiger partial charge in [-0.3, -0.25) is 4.99 Å². The summed E-state index contributed by atoms with van der Waals surface area (Å²) in [6.45, 7) is 0.409. The Bertz CT molecular complexity index is 1550. The molecule has 2 aliphatic rings. The van der Waals surface area contributed by atoms with Gasteiger partial charge in [0.2, 0.25) is 0 Å². The molecule has 4 aromatic carbocycles. The van der Waals surface area contributed by atoms with Crippen molar-refractivity contribution in [3.63, 3.8) is 0 Å². The van der Waals surface area contributed by atoms with Crippen molar-refractivity contribution in [1.29, 1.82) is 0 Å². The van der Waals surface area contributed by atoms with Gasteiger partial charge >= 0.3 is 0 Å². The van der Waals surface area contributed by atoms with Crippen molar-refractivity contribution in [3.8, 4) is 11.5 Å². The van der Waals surface area contributed by atoms with Gasteiger partial charge in [-0.25, -0.2) is 0 Å². The van der Waals surface area contributed by atoms with Crippen LogP contribution < -0.4 is 14.8 Å². The van der Waals surface area contributed by atoms with E-state index in [1.54, 1.807) is 7.11 Å². The molecule has 0 aromatic heterocycles. The van der Waals surface area contributed by atoms with E-state index < -0.39 is 0 Å². The van der Waals surface area contributed by atoms with Gasteiger partial charge in [-0.2, -0.15) is 0 Å². The van der Waals surface area contributed by atoms with E-state index in [9.17, 15) is 0 Å². The summed E-state index contributed by atoms with van der Waals surface area (Å²) in [6.07, 6.45) is 7.66. The largest absolute Gasteiger partial charge is 0.493 e. The fourth-order valence-corrected chi connectivity index (χ4v) is 6.52. The quantitative estimate of drug-likeness (QED) is 0.124. The van der Waals surface area contributed by atoms with Gasteiger partial charge in [0.25, 0.3) is 0 Å². The van der Waals surface area contributed by atoms with Crippen molar-refractivity contribution in [1.82, 2.24) is 0 Å². The zero-order valence-corrected chi connectivity index (χ0v) is 24.4. The van der Waals surface area contributed by atoms with Gasteiger partial charge in [0.15, 0.2) is 11.5 Å². The molecular formula is C33H28ClIN2O2. The summed E-state index contributed by atoms with van der Waals surface area (Å²) < 4.78 is 12.7. The number of rotatable bonds is 7. The summed E-state index contributed by atoms with van der Waals surface area (Å²) in [7, 11) is 1.65. The number of hydrogen-bond donors (Lipinski definition) is 1. The molecule has 1 N–H and O–H groups in total. The molecule has 4 nitrogen and oxygen atoms in total. The van der Waals surface area contributed by atoms with Crippen LogP contribution in [0.2, 0.25) is 5.02 Å². The first kappa shape index (κ1) is 26.0. The number of fused-ring (bicyclic) bond motifs is 3. The van der Waals surface area contributed by atoms with Crippen LogP contribution in [0.3, 0.4) is 0 Å². The van der Waals surface area contributed by atoms with Crippen molar-refractivity contribution in [2.75, 3.05) is 12.4 Å². The monoisotopic (exact) mass is 646 g/mol. The first-order valence-corrected chi connectivity index (χ1v) is 14.5. The summed E-state index contributed by atoms with van der Waals surface area (Å²) in [5.74, 6) is 2.38. The van der Waals surface area contributed by atoms with Gasteiger partial charge in [-0.05, 0) is 99.6 Å². The minimum absolute atomic E-state index is 0.281. The molecule has 0 spiro atoms. The first-order valence-electron chi connectivity index (χ1n) is 13.0. The molecule has 0 radical (unpaired) electrons. The fourth-order valence-electron chi connectivity index (χ4n) is 5.53. The second kappa shape index (κ2) is 11.4. The van der Waals surface area contributed by atoms with E-state index in [0.717, 1.165) is 26.8 Å². The molecule has 6 heteroatoms. The Labute approximate surface area is 247 Å². The summed E-state index contributed by atoms with van der Waals surface area (Å²) in [5.41, 5.74) is 6.79. The van der Waals surface area contributed by atoms with Gasteiger partial charge in [0.05, 0.1) is 22.4 Å². The Kier molecular flexibility index (Phi) is 7.62. The third kappa shape index (κ3) is 5.56. The molecule has 3 atom stereocenters. The van der Waals surface area contributed by atoms with Crippen LogP contribution in [-0.4, -0.2) is 13.3 Å². The van der Waals surface area contributed by atoms with Crippen LogP contribution in [0.5, 0.6) is 11.5 Å². The third-order valence-electron chi connectivity index (χ3n) is 7.41. The topological polar surface area (TPSA) is 42.8 Å². The zero-order valence-electron chi connectivity index (χ0n) is 21.5. The number of hydrogen-bond acceptors (Lipinski definition) is 4. The normalized spacial score (nSPS) is 19.4. The molecule has 0 unspecified atom stereocenters. The van der Waals surface area contributed by atoms with Gasteiger partial charge in [0.1, 0.15) is 6.61 Å². The van der Waals surface area contributed by atoms with Crippen molar-refractivity contribution < 1.29 is 9.47 Å². The van der Waals surface area contributed by atoms with E-state index in [2.05, 4.69) is 88.6 Å². The maximum absolute atomic E-state index is 6.11. The Morgan fingerprint density at radius 1 is 1.03 bits per heavy atom. The van der Waals surface area contributed by atoms with E-state index in [-0.39, 0.29) is 6.04 Å². The highest BCUT2D eigenvalue weighted by Gasteiger charge is 2.37. The van der Waals surface area contributed by atoms with Crippen molar-refractivity contribution in [3.05, 3.63) is 128 Å². The lowest BCUT2D eigenvalue weighted by atomic mass is 9.77. The van der Waals surface area contributed by atoms with Gasteiger partial charge in [-0.1, -0.05) is 66.2 Å². The summed E-state index contributed by atoms with van der Waals surface area (Å²) in [4.78, 5) is 4.74. The van der Waals surface area contributed by atoms with Crippen LogP contribution in [0.4, 0.5) is 11.4 Å². The van der Waals surface area contributed by atoms with Crippen LogP contribution >= 0.6 is 34.2 Å². The standard InChI is InChI=1S/C33H28ClIN2O2/c1-38-31-18-22(17-29(35)33(31)39-20-21-6-4-7-24(34)16-21)19-36-25-14-12-23(13-15-25)32-28-10-5-9-26(28)27-8-2-3-11-30(27)37-32/h2-9,11-19,26,28,32,37H,10,20H2,1H3/t26-,28-,32-/m0/s1. The Balaban J connectivity index is 1.17. The van der Waals surface area contributed by atoms with Crippen molar-refractivity contribution in [2.24, 2.45) is 10.9 Å². The number of aliphatic imine (C=N–C) groups is 1. The van der Waals surface area contributed by atoms with E-state index in [0.29, 0.717) is 35.0 Å².